The zero-order chi connectivity index (χ0) is 12.7. The molecule has 0 saturated carbocycles. The molecule has 1 heterocycles. The molecule has 1 atom stereocenters. The van der Waals surface area contributed by atoms with Crippen molar-refractivity contribution in [2.45, 2.75) is 38.1 Å². The first kappa shape index (κ1) is 14.9. The molecule has 2 N–H and O–H groups in total. The lowest BCUT2D eigenvalue weighted by molar-refractivity contribution is 0.195. The van der Waals surface area contributed by atoms with Crippen LogP contribution < -0.4 is 4.72 Å². The Kier molecular flexibility index (Phi) is 6.40. The van der Waals surface area contributed by atoms with Crippen molar-refractivity contribution in [1.82, 2.24) is 9.62 Å². The van der Waals surface area contributed by atoms with E-state index in [1.54, 1.807) is 0 Å². The van der Waals surface area contributed by atoms with E-state index >= 15 is 0 Å². The number of aliphatic hydroxyl groups is 1. The summed E-state index contributed by atoms with van der Waals surface area (Å²) < 4.78 is 25.0. The molecule has 0 aromatic carbocycles. The Morgan fingerprint density at radius 3 is 2.76 bits per heavy atom. The summed E-state index contributed by atoms with van der Waals surface area (Å²) in [4.78, 5) is 2.31. The van der Waals surface area contributed by atoms with Crippen LogP contribution in [0.1, 0.15) is 32.1 Å². The summed E-state index contributed by atoms with van der Waals surface area (Å²) in [6.45, 7) is 3.13. The van der Waals surface area contributed by atoms with Crippen LogP contribution in [-0.2, 0) is 10.0 Å². The largest absolute Gasteiger partial charge is 0.396 e. The molecule has 1 unspecified atom stereocenters. The molecule has 0 aliphatic carbocycles. The van der Waals surface area contributed by atoms with Crippen LogP contribution in [0.3, 0.4) is 0 Å². The summed E-state index contributed by atoms with van der Waals surface area (Å²) in [6, 6.07) is 0.0663. The monoisotopic (exact) mass is 264 g/mol. The number of nitrogens with one attached hydrogen (secondary N) is 1. The SMILES string of the molecule is CS(=O)(=O)NC1CCCN(CCCCCO)C1. The van der Waals surface area contributed by atoms with Gasteiger partial charge >= 0.3 is 0 Å². The van der Waals surface area contributed by atoms with Crippen molar-refractivity contribution in [2.75, 3.05) is 32.5 Å². The van der Waals surface area contributed by atoms with Gasteiger partial charge in [0.25, 0.3) is 0 Å². The fourth-order valence-electron chi connectivity index (χ4n) is 2.28. The molecule has 0 aromatic rings. The highest BCUT2D eigenvalue weighted by molar-refractivity contribution is 7.88. The van der Waals surface area contributed by atoms with Gasteiger partial charge in [0.2, 0.25) is 10.0 Å². The fraction of sp³-hybridized carbons (Fsp3) is 1.00. The second-order valence-corrected chi connectivity index (χ2v) is 6.59. The van der Waals surface area contributed by atoms with Crippen molar-refractivity contribution in [3.63, 3.8) is 0 Å². The van der Waals surface area contributed by atoms with Crippen LogP contribution >= 0.6 is 0 Å². The first-order chi connectivity index (χ1) is 8.01. The van der Waals surface area contributed by atoms with Crippen molar-refractivity contribution in [2.24, 2.45) is 0 Å². The Bertz CT molecular complexity index is 306. The van der Waals surface area contributed by atoms with Gasteiger partial charge in [0, 0.05) is 19.2 Å². The Hall–Kier alpha value is -0.170. The molecule has 0 spiro atoms. The number of nitrogens with zero attached hydrogens (tertiary/aromatic N) is 1. The maximum atomic E-state index is 11.1. The minimum Gasteiger partial charge on any atom is -0.396 e. The molecular formula is C11H24N2O3S. The molecule has 0 radical (unpaired) electrons. The van der Waals surface area contributed by atoms with Gasteiger partial charge in [-0.05, 0) is 45.2 Å². The second-order valence-electron chi connectivity index (χ2n) is 4.81. The lowest BCUT2D eigenvalue weighted by Crippen LogP contribution is -2.47. The van der Waals surface area contributed by atoms with Crippen LogP contribution in [0, 0.1) is 0 Å². The van der Waals surface area contributed by atoms with Gasteiger partial charge in [0.1, 0.15) is 0 Å². The molecule has 1 aliphatic heterocycles. The van der Waals surface area contributed by atoms with E-state index in [2.05, 4.69) is 9.62 Å². The van der Waals surface area contributed by atoms with Crippen LogP contribution in [0.2, 0.25) is 0 Å². The highest BCUT2D eigenvalue weighted by Crippen LogP contribution is 2.11. The van der Waals surface area contributed by atoms with Crippen molar-refractivity contribution >= 4 is 10.0 Å². The van der Waals surface area contributed by atoms with Gasteiger partial charge in [-0.15, -0.1) is 0 Å². The quantitative estimate of drug-likeness (QED) is 0.643. The number of piperidine rings is 1. The predicted octanol–water partition coefficient (Wildman–Crippen LogP) is 0.163. The van der Waals surface area contributed by atoms with E-state index in [-0.39, 0.29) is 12.6 Å². The van der Waals surface area contributed by atoms with Crippen LogP contribution in [0.15, 0.2) is 0 Å². The first-order valence-corrected chi connectivity index (χ1v) is 8.21. The van der Waals surface area contributed by atoms with E-state index in [1.165, 1.54) is 6.26 Å². The molecule has 102 valence electrons. The second kappa shape index (κ2) is 7.31. The van der Waals surface area contributed by atoms with Crippen LogP contribution in [-0.4, -0.2) is 57.0 Å². The third-order valence-corrected chi connectivity index (χ3v) is 3.78. The van der Waals surface area contributed by atoms with Gasteiger partial charge in [0.15, 0.2) is 0 Å². The summed E-state index contributed by atoms with van der Waals surface area (Å²) in [5, 5.41) is 8.68. The zero-order valence-electron chi connectivity index (χ0n) is 10.6. The van der Waals surface area contributed by atoms with Crippen LogP contribution in [0.5, 0.6) is 0 Å². The number of rotatable bonds is 7. The van der Waals surface area contributed by atoms with Crippen LogP contribution in [0.25, 0.3) is 0 Å². The van der Waals surface area contributed by atoms with Crippen molar-refractivity contribution < 1.29 is 13.5 Å². The highest BCUT2D eigenvalue weighted by atomic mass is 32.2. The number of aliphatic hydroxyl groups excluding tert-OH is 1. The van der Waals surface area contributed by atoms with Crippen LogP contribution in [0.4, 0.5) is 0 Å². The maximum Gasteiger partial charge on any atom is 0.208 e. The van der Waals surface area contributed by atoms with E-state index in [4.69, 9.17) is 5.11 Å². The molecule has 1 rings (SSSR count). The molecule has 0 bridgehead atoms. The number of unbranched alkanes of at least 4 members (excludes halogenated alkanes) is 2. The average molecular weight is 264 g/mol. The third-order valence-electron chi connectivity index (χ3n) is 3.02. The molecule has 1 fully saturated rings. The van der Waals surface area contributed by atoms with Gasteiger partial charge < -0.3 is 10.0 Å². The number of likely N-dealkylation sites (tertiary alicyclic amines) is 1. The van der Waals surface area contributed by atoms with E-state index in [0.717, 1.165) is 51.7 Å². The van der Waals surface area contributed by atoms with Crippen molar-refractivity contribution in [1.29, 1.82) is 0 Å². The number of sulfonamides is 1. The standard InChI is InChI=1S/C11H24N2O3S/c1-17(15,16)12-11-6-5-8-13(10-11)7-3-2-4-9-14/h11-12,14H,2-10H2,1H3. The number of hydrogen-bond acceptors (Lipinski definition) is 4. The Morgan fingerprint density at radius 2 is 2.12 bits per heavy atom. The van der Waals surface area contributed by atoms with Gasteiger partial charge in [-0.1, -0.05) is 0 Å². The van der Waals surface area contributed by atoms with E-state index in [9.17, 15) is 8.42 Å². The molecule has 5 nitrogen and oxygen atoms in total. The Morgan fingerprint density at radius 1 is 1.35 bits per heavy atom. The fourth-order valence-corrected chi connectivity index (χ4v) is 3.08. The summed E-state index contributed by atoms with van der Waals surface area (Å²) in [5.41, 5.74) is 0. The lowest BCUT2D eigenvalue weighted by atomic mass is 10.1. The average Bonchev–Trinajstić information content (AvgIpc) is 2.23. The van der Waals surface area contributed by atoms with Gasteiger partial charge in [-0.3, -0.25) is 0 Å². The minimum atomic E-state index is -3.09. The third kappa shape index (κ3) is 6.98. The van der Waals surface area contributed by atoms with E-state index in [0.29, 0.717) is 0 Å². The van der Waals surface area contributed by atoms with Gasteiger partial charge in [-0.2, -0.15) is 0 Å². The lowest BCUT2D eigenvalue weighted by Gasteiger charge is -2.32. The summed E-state index contributed by atoms with van der Waals surface area (Å²) >= 11 is 0. The summed E-state index contributed by atoms with van der Waals surface area (Å²) in [7, 11) is -3.09. The summed E-state index contributed by atoms with van der Waals surface area (Å²) in [6.07, 6.45) is 6.17. The minimum absolute atomic E-state index is 0.0663. The topological polar surface area (TPSA) is 69.6 Å². The molecule has 0 aromatic heterocycles. The molecule has 17 heavy (non-hydrogen) atoms. The van der Waals surface area contributed by atoms with Gasteiger partial charge in [-0.25, -0.2) is 13.1 Å². The molecule has 0 amide bonds. The van der Waals surface area contributed by atoms with Gasteiger partial charge in [0.05, 0.1) is 6.26 Å². The normalized spacial score (nSPS) is 22.8. The van der Waals surface area contributed by atoms with Crippen molar-refractivity contribution in [3.8, 4) is 0 Å². The molecular weight excluding hydrogens is 240 g/mol. The molecule has 6 heteroatoms. The van der Waals surface area contributed by atoms with E-state index < -0.39 is 10.0 Å². The zero-order valence-corrected chi connectivity index (χ0v) is 11.4. The molecule has 1 saturated heterocycles. The van der Waals surface area contributed by atoms with E-state index in [1.807, 2.05) is 0 Å². The number of hydrogen-bond donors (Lipinski definition) is 2. The highest BCUT2D eigenvalue weighted by Gasteiger charge is 2.21. The smallest absolute Gasteiger partial charge is 0.208 e. The Labute approximate surface area is 104 Å². The predicted molar refractivity (Wildman–Crippen MR) is 68.4 cm³/mol. The molecule has 1 aliphatic rings. The first-order valence-electron chi connectivity index (χ1n) is 6.32. The maximum absolute atomic E-state index is 11.1. The summed E-state index contributed by atoms with van der Waals surface area (Å²) in [5.74, 6) is 0. The Balaban J connectivity index is 2.24. The van der Waals surface area contributed by atoms with Crippen molar-refractivity contribution in [3.05, 3.63) is 0 Å².